The van der Waals surface area contributed by atoms with Crippen molar-refractivity contribution in [3.05, 3.63) is 24.3 Å². The van der Waals surface area contributed by atoms with Gasteiger partial charge in [-0.15, -0.1) is 0 Å². The van der Waals surface area contributed by atoms with Crippen molar-refractivity contribution in [1.82, 2.24) is 5.32 Å². The normalized spacial score (nSPS) is 11.4. The molecule has 132 valence electrons. The molecule has 0 aliphatic carbocycles. The summed E-state index contributed by atoms with van der Waals surface area (Å²) in [7, 11) is 0. The summed E-state index contributed by atoms with van der Waals surface area (Å²) in [5, 5.41) is 22.4. The number of carbonyl (C=O) groups is 3. The van der Waals surface area contributed by atoms with Crippen LogP contribution in [0.1, 0.15) is 26.2 Å². The number of benzene rings is 1. The molecule has 24 heavy (non-hydrogen) atoms. The fraction of sp³-hybridized carbons (Fsp3) is 0.438. The lowest BCUT2D eigenvalue weighted by Crippen LogP contribution is -2.36. The van der Waals surface area contributed by atoms with Crippen molar-refractivity contribution in [1.29, 1.82) is 0 Å². The number of carboxylic acid groups (broad SMARTS) is 2. The summed E-state index contributed by atoms with van der Waals surface area (Å²) in [4.78, 5) is 33.2. The predicted octanol–water partition coefficient (Wildman–Crippen LogP) is 2.16. The zero-order valence-electron chi connectivity index (χ0n) is 13.4. The van der Waals surface area contributed by atoms with Crippen LogP contribution in [0.5, 0.6) is 5.75 Å². The highest BCUT2D eigenvalue weighted by atomic mass is 16.5. The number of hydrogen-bond acceptors (Lipinski definition) is 4. The molecular weight excluding hydrogens is 316 g/mol. The molecule has 1 aromatic rings. The minimum absolute atomic E-state index is 0.272. The highest BCUT2D eigenvalue weighted by Crippen LogP contribution is 2.16. The highest BCUT2D eigenvalue weighted by molar-refractivity contribution is 5.89. The Morgan fingerprint density at radius 1 is 1.17 bits per heavy atom. The monoisotopic (exact) mass is 338 g/mol. The van der Waals surface area contributed by atoms with Crippen molar-refractivity contribution >= 4 is 23.7 Å². The first-order chi connectivity index (χ1) is 11.4. The Kier molecular flexibility index (Phi) is 8.10. The maximum absolute atomic E-state index is 11.7. The quantitative estimate of drug-likeness (QED) is 0.485. The van der Waals surface area contributed by atoms with Crippen LogP contribution in [0, 0.1) is 5.92 Å². The van der Waals surface area contributed by atoms with Crippen LogP contribution in [0.15, 0.2) is 24.3 Å². The predicted molar refractivity (Wildman–Crippen MR) is 87.2 cm³/mol. The Labute approximate surface area is 139 Å². The third kappa shape index (κ3) is 7.48. The van der Waals surface area contributed by atoms with Crippen molar-refractivity contribution < 1.29 is 29.3 Å². The fourth-order valence-corrected chi connectivity index (χ4v) is 1.82. The molecule has 0 bridgehead atoms. The molecule has 0 spiro atoms. The van der Waals surface area contributed by atoms with E-state index in [9.17, 15) is 14.4 Å². The minimum Gasteiger partial charge on any atom is -0.494 e. The van der Waals surface area contributed by atoms with Gasteiger partial charge in [0.1, 0.15) is 5.75 Å². The van der Waals surface area contributed by atoms with Gasteiger partial charge in [0.2, 0.25) is 0 Å². The van der Waals surface area contributed by atoms with Crippen LogP contribution in [-0.4, -0.2) is 41.3 Å². The maximum atomic E-state index is 11.7. The standard InChI is InChI=1S/C16H22N2O6/c1-2-3-8-24-13-6-4-12(5-7-13)18-16(23)17-10-11(15(21)22)9-14(19)20/h4-7,11H,2-3,8-10H2,1H3,(H,19,20)(H,21,22)(H2,17,18,23). The Morgan fingerprint density at radius 3 is 2.38 bits per heavy atom. The first-order valence-electron chi connectivity index (χ1n) is 7.64. The fourth-order valence-electron chi connectivity index (χ4n) is 1.82. The molecule has 8 heteroatoms. The largest absolute Gasteiger partial charge is 0.494 e. The molecule has 1 unspecified atom stereocenters. The number of urea groups is 1. The van der Waals surface area contributed by atoms with E-state index in [1.165, 1.54) is 0 Å². The summed E-state index contributed by atoms with van der Waals surface area (Å²) in [6.45, 7) is 2.43. The third-order valence-corrected chi connectivity index (χ3v) is 3.16. The third-order valence-electron chi connectivity index (χ3n) is 3.16. The van der Waals surface area contributed by atoms with Crippen LogP contribution < -0.4 is 15.4 Å². The summed E-state index contributed by atoms with van der Waals surface area (Å²) < 4.78 is 5.50. The number of rotatable bonds is 10. The van der Waals surface area contributed by atoms with Gasteiger partial charge in [0.25, 0.3) is 0 Å². The van der Waals surface area contributed by atoms with E-state index < -0.39 is 30.3 Å². The van der Waals surface area contributed by atoms with Gasteiger partial charge in [-0.25, -0.2) is 4.79 Å². The van der Waals surface area contributed by atoms with Gasteiger partial charge in [0, 0.05) is 12.2 Å². The number of ether oxygens (including phenoxy) is 1. The average Bonchev–Trinajstić information content (AvgIpc) is 2.53. The Hall–Kier alpha value is -2.77. The molecule has 1 rings (SSSR count). The van der Waals surface area contributed by atoms with E-state index in [1.807, 2.05) is 0 Å². The smallest absolute Gasteiger partial charge is 0.319 e. The van der Waals surface area contributed by atoms with Crippen LogP contribution in [0.25, 0.3) is 0 Å². The van der Waals surface area contributed by atoms with Gasteiger partial charge in [-0.2, -0.15) is 0 Å². The number of unbranched alkanes of at least 4 members (excludes halogenated alkanes) is 1. The first-order valence-corrected chi connectivity index (χ1v) is 7.64. The van der Waals surface area contributed by atoms with E-state index in [0.717, 1.165) is 12.8 Å². The Morgan fingerprint density at radius 2 is 1.83 bits per heavy atom. The molecule has 4 N–H and O–H groups in total. The van der Waals surface area contributed by atoms with Gasteiger partial charge >= 0.3 is 18.0 Å². The number of aliphatic carboxylic acids is 2. The number of nitrogens with one attached hydrogen (secondary N) is 2. The summed E-state index contributed by atoms with van der Waals surface area (Å²) in [5.41, 5.74) is 0.514. The second kappa shape index (κ2) is 10.1. The van der Waals surface area contributed by atoms with Crippen molar-refractivity contribution in [2.75, 3.05) is 18.5 Å². The van der Waals surface area contributed by atoms with Crippen molar-refractivity contribution in [2.24, 2.45) is 5.92 Å². The highest BCUT2D eigenvalue weighted by Gasteiger charge is 2.21. The number of hydrogen-bond donors (Lipinski definition) is 4. The molecule has 0 fully saturated rings. The second-order valence-electron chi connectivity index (χ2n) is 5.19. The molecule has 0 aliphatic rings. The lowest BCUT2D eigenvalue weighted by Gasteiger charge is -2.12. The maximum Gasteiger partial charge on any atom is 0.319 e. The van der Waals surface area contributed by atoms with Crippen LogP contribution in [0.4, 0.5) is 10.5 Å². The number of carboxylic acids is 2. The SMILES string of the molecule is CCCCOc1ccc(NC(=O)NCC(CC(=O)O)C(=O)O)cc1. The summed E-state index contributed by atoms with van der Waals surface area (Å²) in [5.74, 6) is -2.99. The summed E-state index contributed by atoms with van der Waals surface area (Å²) in [6.07, 6.45) is 1.45. The lowest BCUT2D eigenvalue weighted by molar-refractivity contribution is -0.148. The molecule has 1 atom stereocenters. The van der Waals surface area contributed by atoms with Gasteiger partial charge in [-0.05, 0) is 30.7 Å². The van der Waals surface area contributed by atoms with E-state index >= 15 is 0 Å². The van der Waals surface area contributed by atoms with Crippen LogP contribution in [0.2, 0.25) is 0 Å². The zero-order chi connectivity index (χ0) is 17.9. The number of carbonyl (C=O) groups excluding carboxylic acids is 1. The Bertz CT molecular complexity index is 558. The molecule has 8 nitrogen and oxygen atoms in total. The molecule has 0 saturated heterocycles. The number of amides is 2. The molecular formula is C16H22N2O6. The second-order valence-corrected chi connectivity index (χ2v) is 5.19. The summed E-state index contributed by atoms with van der Waals surface area (Å²) in [6, 6.07) is 6.15. The van der Waals surface area contributed by atoms with E-state index in [0.29, 0.717) is 18.0 Å². The Balaban J connectivity index is 2.43. The minimum atomic E-state index is -1.27. The topological polar surface area (TPSA) is 125 Å². The zero-order valence-corrected chi connectivity index (χ0v) is 13.4. The van der Waals surface area contributed by atoms with Gasteiger partial charge < -0.3 is 25.6 Å². The van der Waals surface area contributed by atoms with Crippen LogP contribution >= 0.6 is 0 Å². The van der Waals surface area contributed by atoms with Crippen molar-refractivity contribution in [3.63, 3.8) is 0 Å². The molecule has 0 aliphatic heterocycles. The van der Waals surface area contributed by atoms with Gasteiger partial charge in [-0.3, -0.25) is 9.59 Å². The molecule has 0 saturated carbocycles. The molecule has 2 amide bonds. The number of anilines is 1. The average molecular weight is 338 g/mol. The van der Waals surface area contributed by atoms with Gasteiger partial charge in [-0.1, -0.05) is 13.3 Å². The lowest BCUT2D eigenvalue weighted by atomic mass is 10.1. The van der Waals surface area contributed by atoms with E-state index in [2.05, 4.69) is 17.6 Å². The van der Waals surface area contributed by atoms with Crippen LogP contribution in [0.3, 0.4) is 0 Å². The van der Waals surface area contributed by atoms with E-state index in [4.69, 9.17) is 14.9 Å². The molecule has 1 aromatic carbocycles. The molecule has 0 radical (unpaired) electrons. The van der Waals surface area contributed by atoms with Gasteiger partial charge in [0.15, 0.2) is 0 Å². The molecule has 0 aromatic heterocycles. The van der Waals surface area contributed by atoms with Crippen molar-refractivity contribution in [3.8, 4) is 5.75 Å². The van der Waals surface area contributed by atoms with E-state index in [1.54, 1.807) is 24.3 Å². The van der Waals surface area contributed by atoms with Crippen LogP contribution in [-0.2, 0) is 9.59 Å². The van der Waals surface area contributed by atoms with Crippen molar-refractivity contribution in [2.45, 2.75) is 26.2 Å². The molecule has 0 heterocycles. The van der Waals surface area contributed by atoms with E-state index in [-0.39, 0.29) is 6.54 Å². The summed E-state index contributed by atoms with van der Waals surface area (Å²) >= 11 is 0. The first kappa shape index (κ1) is 19.3. The van der Waals surface area contributed by atoms with Gasteiger partial charge in [0.05, 0.1) is 18.9 Å².